The molecule has 0 amide bonds. The quantitative estimate of drug-likeness (QED) is 0.637. The molecule has 1 saturated carbocycles. The van der Waals surface area contributed by atoms with Crippen LogP contribution >= 0.6 is 0 Å². The van der Waals surface area contributed by atoms with Gasteiger partial charge in [-0.1, -0.05) is 27.2 Å². The van der Waals surface area contributed by atoms with Crippen LogP contribution in [0, 0.1) is 17.8 Å². The maximum Gasteiger partial charge on any atom is 0.302 e. The minimum atomic E-state index is -0.130. The summed E-state index contributed by atoms with van der Waals surface area (Å²) < 4.78 is 5.40. The Morgan fingerprint density at radius 1 is 1.36 bits per heavy atom. The molecule has 1 aliphatic carbocycles. The van der Waals surface area contributed by atoms with Crippen LogP contribution in [-0.4, -0.2) is 12.1 Å². The highest BCUT2D eigenvalue weighted by Gasteiger charge is 2.32. The lowest BCUT2D eigenvalue weighted by Gasteiger charge is -2.36. The van der Waals surface area contributed by atoms with Crippen molar-refractivity contribution in [2.24, 2.45) is 17.8 Å². The van der Waals surface area contributed by atoms with Gasteiger partial charge in [-0.05, 0) is 30.6 Å². The van der Waals surface area contributed by atoms with Gasteiger partial charge in [0.15, 0.2) is 0 Å². The van der Waals surface area contributed by atoms with Gasteiger partial charge in [0.25, 0.3) is 0 Å². The van der Waals surface area contributed by atoms with Gasteiger partial charge in [-0.25, -0.2) is 0 Å². The van der Waals surface area contributed by atoms with Crippen LogP contribution in [0.15, 0.2) is 0 Å². The summed E-state index contributed by atoms with van der Waals surface area (Å²) in [6.07, 6.45) is 3.69. The van der Waals surface area contributed by atoms with Crippen molar-refractivity contribution in [2.45, 2.75) is 53.1 Å². The number of rotatable bonds is 2. The average Bonchev–Trinajstić information content (AvgIpc) is 2.01. The number of ether oxygens (including phenoxy) is 1. The van der Waals surface area contributed by atoms with E-state index in [4.69, 9.17) is 4.74 Å². The van der Waals surface area contributed by atoms with Gasteiger partial charge in [-0.3, -0.25) is 4.79 Å². The first kappa shape index (κ1) is 11.5. The van der Waals surface area contributed by atoms with Crippen molar-refractivity contribution in [1.82, 2.24) is 0 Å². The summed E-state index contributed by atoms with van der Waals surface area (Å²) in [5.74, 6) is 1.76. The van der Waals surface area contributed by atoms with Crippen molar-refractivity contribution < 1.29 is 9.53 Å². The van der Waals surface area contributed by atoms with E-state index < -0.39 is 0 Å². The Morgan fingerprint density at radius 3 is 2.50 bits per heavy atom. The highest BCUT2D eigenvalue weighted by Crippen LogP contribution is 2.35. The largest absolute Gasteiger partial charge is 0.462 e. The first-order valence-electron chi connectivity index (χ1n) is 5.68. The molecular formula is C12H22O2. The molecular weight excluding hydrogens is 176 g/mol. The zero-order chi connectivity index (χ0) is 10.7. The minimum absolute atomic E-state index is 0.130. The van der Waals surface area contributed by atoms with Gasteiger partial charge in [0.1, 0.15) is 6.10 Å². The van der Waals surface area contributed by atoms with Crippen LogP contribution in [0.5, 0.6) is 0 Å². The van der Waals surface area contributed by atoms with Gasteiger partial charge in [-0.2, -0.15) is 0 Å². The highest BCUT2D eigenvalue weighted by atomic mass is 16.5. The smallest absolute Gasteiger partial charge is 0.302 e. The maximum atomic E-state index is 11.0. The maximum absolute atomic E-state index is 11.0. The molecule has 82 valence electrons. The number of carbonyl (C=O) groups is 1. The molecule has 1 rings (SSSR count). The summed E-state index contributed by atoms with van der Waals surface area (Å²) in [6.45, 7) is 8.19. The van der Waals surface area contributed by atoms with Crippen molar-refractivity contribution in [3.05, 3.63) is 0 Å². The van der Waals surface area contributed by atoms with E-state index in [0.29, 0.717) is 17.8 Å². The predicted molar refractivity (Wildman–Crippen MR) is 56.9 cm³/mol. The Hall–Kier alpha value is -0.530. The zero-order valence-electron chi connectivity index (χ0n) is 9.75. The monoisotopic (exact) mass is 198 g/mol. The van der Waals surface area contributed by atoms with Crippen molar-refractivity contribution in [3.63, 3.8) is 0 Å². The molecule has 2 heteroatoms. The van der Waals surface area contributed by atoms with Crippen LogP contribution < -0.4 is 0 Å². The molecule has 1 fully saturated rings. The Balaban J connectivity index is 2.58. The molecule has 0 heterocycles. The summed E-state index contributed by atoms with van der Waals surface area (Å²) in [5, 5.41) is 0. The van der Waals surface area contributed by atoms with Crippen LogP contribution in [0.25, 0.3) is 0 Å². The number of hydrogen-bond donors (Lipinski definition) is 0. The Kier molecular flexibility index (Phi) is 3.97. The van der Waals surface area contributed by atoms with Crippen LogP contribution in [0.1, 0.15) is 47.0 Å². The summed E-state index contributed by atoms with van der Waals surface area (Å²) in [6, 6.07) is 0. The van der Waals surface area contributed by atoms with Gasteiger partial charge in [0, 0.05) is 6.92 Å². The van der Waals surface area contributed by atoms with Gasteiger partial charge in [0.2, 0.25) is 0 Å². The molecule has 2 nitrogen and oxygen atoms in total. The van der Waals surface area contributed by atoms with Crippen molar-refractivity contribution in [2.75, 3.05) is 0 Å². The van der Waals surface area contributed by atoms with E-state index in [9.17, 15) is 4.79 Å². The van der Waals surface area contributed by atoms with Crippen molar-refractivity contribution in [3.8, 4) is 0 Å². The average molecular weight is 198 g/mol. The Labute approximate surface area is 87.0 Å². The summed E-state index contributed by atoms with van der Waals surface area (Å²) in [7, 11) is 0. The molecule has 0 aromatic heterocycles. The van der Waals surface area contributed by atoms with Gasteiger partial charge in [0.05, 0.1) is 0 Å². The first-order chi connectivity index (χ1) is 6.50. The van der Waals surface area contributed by atoms with Crippen LogP contribution in [0.2, 0.25) is 0 Å². The molecule has 0 spiro atoms. The third-order valence-electron chi connectivity index (χ3n) is 3.28. The third-order valence-corrected chi connectivity index (χ3v) is 3.28. The lowest BCUT2D eigenvalue weighted by molar-refractivity contribution is -0.153. The van der Waals surface area contributed by atoms with Gasteiger partial charge in [-0.15, -0.1) is 0 Å². The topological polar surface area (TPSA) is 26.3 Å². The summed E-state index contributed by atoms with van der Waals surface area (Å²) in [4.78, 5) is 11.0. The third kappa shape index (κ3) is 3.00. The first-order valence-corrected chi connectivity index (χ1v) is 5.68. The second kappa shape index (κ2) is 4.81. The summed E-state index contributed by atoms with van der Waals surface area (Å²) >= 11 is 0. The molecule has 3 atom stereocenters. The molecule has 1 aliphatic rings. The molecule has 14 heavy (non-hydrogen) atoms. The number of carbonyl (C=O) groups excluding carboxylic acids is 1. The predicted octanol–water partition coefficient (Wildman–Crippen LogP) is 3.01. The normalized spacial score (nSPS) is 33.1. The van der Waals surface area contributed by atoms with Crippen molar-refractivity contribution in [1.29, 1.82) is 0 Å². The fourth-order valence-corrected chi connectivity index (χ4v) is 2.46. The Morgan fingerprint density at radius 2 is 2.00 bits per heavy atom. The molecule has 0 aromatic carbocycles. The lowest BCUT2D eigenvalue weighted by Crippen LogP contribution is -2.35. The standard InChI is InChI=1S/C12H22O2/c1-8(2)11-6-5-9(3)7-12(11)14-10(4)13/h8-9,11-12H,5-7H2,1-4H3/t9-,11?,12?/m1/s1. The van der Waals surface area contributed by atoms with E-state index in [1.807, 2.05) is 0 Å². The molecule has 2 unspecified atom stereocenters. The second-order valence-electron chi connectivity index (χ2n) is 4.97. The lowest BCUT2D eigenvalue weighted by atomic mass is 9.75. The molecule has 0 aromatic rings. The van der Waals surface area contributed by atoms with Crippen LogP contribution in [0.3, 0.4) is 0 Å². The number of hydrogen-bond acceptors (Lipinski definition) is 2. The van der Waals surface area contributed by atoms with E-state index in [1.165, 1.54) is 19.8 Å². The van der Waals surface area contributed by atoms with E-state index in [0.717, 1.165) is 6.42 Å². The highest BCUT2D eigenvalue weighted by molar-refractivity contribution is 5.66. The molecule has 0 aliphatic heterocycles. The van der Waals surface area contributed by atoms with E-state index in [2.05, 4.69) is 20.8 Å². The fraction of sp³-hybridized carbons (Fsp3) is 0.917. The van der Waals surface area contributed by atoms with Crippen LogP contribution in [-0.2, 0) is 9.53 Å². The van der Waals surface area contributed by atoms with E-state index in [-0.39, 0.29) is 12.1 Å². The van der Waals surface area contributed by atoms with Crippen LogP contribution in [0.4, 0.5) is 0 Å². The fourth-order valence-electron chi connectivity index (χ4n) is 2.46. The number of esters is 1. The van der Waals surface area contributed by atoms with Gasteiger partial charge >= 0.3 is 5.97 Å². The molecule has 0 radical (unpaired) electrons. The molecule has 0 N–H and O–H groups in total. The second-order valence-corrected chi connectivity index (χ2v) is 4.97. The summed E-state index contributed by atoms with van der Waals surface area (Å²) in [5.41, 5.74) is 0. The molecule has 0 saturated heterocycles. The van der Waals surface area contributed by atoms with Gasteiger partial charge < -0.3 is 4.74 Å². The Bertz CT molecular complexity index is 198. The molecule has 0 bridgehead atoms. The SMILES string of the molecule is CC(=O)OC1C[C@H](C)CCC1C(C)C. The minimum Gasteiger partial charge on any atom is -0.462 e. The van der Waals surface area contributed by atoms with E-state index >= 15 is 0 Å². The zero-order valence-corrected chi connectivity index (χ0v) is 9.75. The van der Waals surface area contributed by atoms with Crippen molar-refractivity contribution >= 4 is 5.97 Å². The van der Waals surface area contributed by atoms with E-state index in [1.54, 1.807) is 0 Å².